The first-order valence-electron chi connectivity index (χ1n) is 16.8. The Morgan fingerprint density at radius 2 is 0.824 bits per heavy atom. The molecule has 7 heteroatoms. The maximum Gasteiger partial charge on any atom is 0.171 e. The molecule has 4 nitrogen and oxygen atoms in total. The van der Waals surface area contributed by atoms with Gasteiger partial charge in [0.2, 0.25) is 0 Å². The number of aliphatic hydroxyl groups is 1. The number of ketones is 1. The molecule has 0 bridgehead atoms. The van der Waals surface area contributed by atoms with Gasteiger partial charge in [-0.25, -0.2) is 0 Å². The summed E-state index contributed by atoms with van der Waals surface area (Å²) in [5.74, 6) is -0.0625. The van der Waals surface area contributed by atoms with E-state index >= 15 is 0 Å². The van der Waals surface area contributed by atoms with Crippen LogP contribution in [0, 0.1) is 84.0 Å². The van der Waals surface area contributed by atoms with E-state index in [-0.39, 0.29) is 60.9 Å². The zero-order valence-electron chi connectivity index (χ0n) is 31.0. The van der Waals surface area contributed by atoms with E-state index in [9.17, 15) is 13.9 Å². The van der Waals surface area contributed by atoms with Crippen LogP contribution in [0.5, 0.6) is 0 Å². The van der Waals surface area contributed by atoms with Gasteiger partial charge in [-0.15, -0.1) is 0 Å². The molecule has 0 aliphatic rings. The minimum atomic E-state index is -2.89. The Morgan fingerprint density at radius 3 is 1.02 bits per heavy atom. The first-order valence-corrected chi connectivity index (χ1v) is 20.2. The third-order valence-corrected chi connectivity index (χ3v) is 15.6. The number of hydrogen-bond donors (Lipinski definition) is 1. The van der Waals surface area contributed by atoms with E-state index in [0.29, 0.717) is 0 Å². The summed E-state index contributed by atoms with van der Waals surface area (Å²) < 4.78 is 28.4. The van der Waals surface area contributed by atoms with Crippen LogP contribution in [-0.2, 0) is 13.9 Å². The fourth-order valence-corrected chi connectivity index (χ4v) is 12.5. The van der Waals surface area contributed by atoms with Crippen LogP contribution in [0.1, 0.15) is 55.0 Å². The number of hydrogen-bond acceptors (Lipinski definition) is 4. The van der Waals surface area contributed by atoms with Gasteiger partial charge in [-0.2, -0.15) is 0 Å². The average molecular weight is 857 g/mol. The Kier molecular flexibility index (Phi) is 17.7. The SMILES string of the molecule is C=C(CC)P(=O)(c1ccccc1C)c1ccccc1C.CC(=O)C=C(C)O.Cc1ccccc1P(=O)(c1ccccc1C)c1ccccc1C.[Eu]. The van der Waals surface area contributed by atoms with E-state index in [4.69, 9.17) is 5.11 Å². The van der Waals surface area contributed by atoms with Crippen molar-refractivity contribution in [3.63, 3.8) is 0 Å². The molecule has 0 unspecified atom stereocenters. The summed E-state index contributed by atoms with van der Waals surface area (Å²) >= 11 is 0. The summed E-state index contributed by atoms with van der Waals surface area (Å²) in [4.78, 5) is 10.0. The molecular weight excluding hydrogens is 806 g/mol. The van der Waals surface area contributed by atoms with Crippen molar-refractivity contribution in [1.29, 1.82) is 0 Å². The Bertz CT molecular complexity index is 1930. The van der Waals surface area contributed by atoms with Gasteiger partial charge >= 0.3 is 0 Å². The molecule has 1 N–H and O–H groups in total. The molecule has 0 saturated carbocycles. The van der Waals surface area contributed by atoms with E-state index in [1.54, 1.807) is 0 Å². The molecular formula is C44H50EuO4P2. The second kappa shape index (κ2) is 20.4. The standard InChI is InChI=1S/C21H21OP.C18H21OP.C5H8O2.Eu/c1-16-10-4-7-13-19(16)23(22,20-14-8-5-11-17(20)2)21-15-9-6-12-18(21)3;1-5-16(4)20(19,17-12-8-6-10-14(17)2)18-13-9-7-11-15(18)3;1-4(6)3-5(2)7;/h4-15H,1-3H3;6-13H,4-5H2,1-3H3;3,6H,1-2H3;. The summed E-state index contributed by atoms with van der Waals surface area (Å²) in [6.07, 6.45) is 1.89. The largest absolute Gasteiger partial charge is 0.512 e. The molecule has 0 fully saturated rings. The van der Waals surface area contributed by atoms with Gasteiger partial charge in [-0.1, -0.05) is 135 Å². The zero-order valence-corrected chi connectivity index (χ0v) is 35.2. The summed E-state index contributed by atoms with van der Waals surface area (Å²) in [6.45, 7) is 19.1. The van der Waals surface area contributed by atoms with E-state index in [1.807, 2.05) is 163 Å². The third kappa shape index (κ3) is 10.8. The molecule has 5 aromatic rings. The predicted octanol–water partition coefficient (Wildman–Crippen LogP) is 9.83. The van der Waals surface area contributed by atoms with E-state index in [0.717, 1.165) is 66.1 Å². The summed E-state index contributed by atoms with van der Waals surface area (Å²) in [5, 5.41) is 13.8. The molecule has 0 saturated heterocycles. The molecule has 5 aromatic carbocycles. The van der Waals surface area contributed by atoms with Gasteiger partial charge in [0, 0.05) is 82.0 Å². The van der Waals surface area contributed by atoms with Gasteiger partial charge in [-0.3, -0.25) is 4.79 Å². The van der Waals surface area contributed by atoms with Crippen molar-refractivity contribution >= 4 is 46.6 Å². The van der Waals surface area contributed by atoms with Crippen LogP contribution >= 0.6 is 14.3 Å². The number of aryl methyl sites for hydroxylation is 5. The Morgan fingerprint density at radius 1 is 0.569 bits per heavy atom. The fraction of sp³-hybridized carbons (Fsp3) is 0.205. The van der Waals surface area contributed by atoms with Crippen molar-refractivity contribution in [3.8, 4) is 0 Å². The van der Waals surface area contributed by atoms with Crippen molar-refractivity contribution in [2.75, 3.05) is 0 Å². The van der Waals surface area contributed by atoms with Crippen LogP contribution in [0.3, 0.4) is 0 Å². The van der Waals surface area contributed by atoms with Crippen LogP contribution in [0.2, 0.25) is 0 Å². The third-order valence-electron chi connectivity index (χ3n) is 8.54. The predicted molar refractivity (Wildman–Crippen MR) is 216 cm³/mol. The normalized spacial score (nSPS) is 11.2. The second-order valence-corrected chi connectivity index (χ2v) is 17.9. The second-order valence-electron chi connectivity index (χ2n) is 12.5. The molecule has 51 heavy (non-hydrogen) atoms. The average Bonchev–Trinajstić information content (AvgIpc) is 3.08. The number of benzene rings is 5. The monoisotopic (exact) mass is 857 g/mol. The van der Waals surface area contributed by atoms with E-state index in [1.165, 1.54) is 19.9 Å². The van der Waals surface area contributed by atoms with Gasteiger partial charge in [0.1, 0.15) is 0 Å². The smallest absolute Gasteiger partial charge is 0.171 e. The van der Waals surface area contributed by atoms with Gasteiger partial charge in [-0.05, 0) is 88.0 Å². The molecule has 0 heterocycles. The maximum absolute atomic E-state index is 14.5. The Balaban J connectivity index is 0.000000296. The van der Waals surface area contributed by atoms with Crippen molar-refractivity contribution in [3.05, 3.63) is 173 Å². The quantitative estimate of drug-likeness (QED) is 0.0959. The maximum atomic E-state index is 14.5. The molecule has 0 amide bonds. The van der Waals surface area contributed by atoms with Crippen LogP contribution in [0.15, 0.2) is 145 Å². The first-order chi connectivity index (χ1) is 23.7. The topological polar surface area (TPSA) is 71.4 Å². The van der Waals surface area contributed by atoms with Crippen molar-refractivity contribution in [2.24, 2.45) is 0 Å². The van der Waals surface area contributed by atoms with Crippen molar-refractivity contribution < 1.29 is 68.4 Å². The molecule has 0 atom stereocenters. The molecule has 267 valence electrons. The van der Waals surface area contributed by atoms with Gasteiger partial charge in [0.15, 0.2) is 20.1 Å². The number of rotatable bonds is 8. The molecule has 5 rings (SSSR count). The van der Waals surface area contributed by atoms with Crippen LogP contribution in [-0.4, -0.2) is 10.9 Å². The van der Waals surface area contributed by atoms with E-state index in [2.05, 4.69) is 6.58 Å². The van der Waals surface area contributed by atoms with Gasteiger partial charge in [0.05, 0.1) is 5.76 Å². The Labute approximate surface area is 346 Å². The summed E-state index contributed by atoms with van der Waals surface area (Å²) in [5.41, 5.74) is 5.34. The first kappa shape index (κ1) is 44.3. The number of carbonyl (C=O) groups excluding carboxylic acids is 1. The number of carbonyl (C=O) groups is 1. The number of allylic oxidation sites excluding steroid dienone is 3. The molecule has 0 spiro atoms. The van der Waals surface area contributed by atoms with E-state index < -0.39 is 14.3 Å². The fourth-order valence-electron chi connectivity index (χ4n) is 5.96. The molecule has 0 aliphatic carbocycles. The molecule has 0 aliphatic heterocycles. The van der Waals surface area contributed by atoms with Crippen LogP contribution in [0.4, 0.5) is 0 Å². The minimum Gasteiger partial charge on any atom is -0.512 e. The van der Waals surface area contributed by atoms with Crippen molar-refractivity contribution in [1.82, 2.24) is 0 Å². The zero-order chi connectivity index (χ0) is 37.1. The van der Waals surface area contributed by atoms with Gasteiger partial charge < -0.3 is 14.2 Å². The number of aliphatic hydroxyl groups excluding tert-OH is 1. The summed E-state index contributed by atoms with van der Waals surface area (Å²) in [6, 6.07) is 39.9. The van der Waals surface area contributed by atoms with Gasteiger partial charge in [0.25, 0.3) is 0 Å². The van der Waals surface area contributed by atoms with Crippen LogP contribution in [0.25, 0.3) is 0 Å². The Hall–Kier alpha value is -2.91. The molecule has 0 aromatic heterocycles. The van der Waals surface area contributed by atoms with Crippen LogP contribution < -0.4 is 26.5 Å². The molecule has 1 radical (unpaired) electrons. The van der Waals surface area contributed by atoms with Crippen molar-refractivity contribution in [2.45, 2.75) is 61.8 Å². The summed E-state index contributed by atoms with van der Waals surface area (Å²) in [7, 11) is -5.67. The minimum absolute atomic E-state index is 0.